The quantitative estimate of drug-likeness (QED) is 0.401. The normalized spacial score (nSPS) is 13.5. The summed E-state index contributed by atoms with van der Waals surface area (Å²) >= 11 is 1.13. The van der Waals surface area contributed by atoms with Crippen molar-refractivity contribution in [1.82, 2.24) is 19.9 Å². The van der Waals surface area contributed by atoms with Crippen LogP contribution in [0.4, 0.5) is 9.93 Å². The van der Waals surface area contributed by atoms with E-state index in [1.54, 1.807) is 29.7 Å². The summed E-state index contributed by atoms with van der Waals surface area (Å²) in [6.45, 7) is 1.72. The van der Waals surface area contributed by atoms with Crippen molar-refractivity contribution in [1.29, 1.82) is 5.26 Å². The van der Waals surface area contributed by atoms with Gasteiger partial charge in [0, 0.05) is 11.8 Å². The number of fused-ring (bicyclic) bond motifs is 4. The van der Waals surface area contributed by atoms with Crippen molar-refractivity contribution in [2.45, 2.75) is 16.8 Å². The van der Waals surface area contributed by atoms with E-state index in [0.29, 0.717) is 21.8 Å². The predicted molar refractivity (Wildman–Crippen MR) is 92.6 cm³/mol. The topological polar surface area (TPSA) is 130 Å². The molecule has 1 aliphatic rings. The highest BCUT2D eigenvalue weighted by atomic mass is 32.2. The molecule has 2 N–H and O–H groups in total. The fourth-order valence-electron chi connectivity index (χ4n) is 2.75. The highest BCUT2D eigenvalue weighted by Crippen LogP contribution is 2.42. The molecule has 0 saturated carbocycles. The number of aromatic nitrogens is 3. The number of nitriles is 1. The van der Waals surface area contributed by atoms with Gasteiger partial charge in [0.1, 0.15) is 11.2 Å². The summed E-state index contributed by atoms with van der Waals surface area (Å²) in [4.78, 5) is 20.5. The maximum Gasteiger partial charge on any atom is 0.334 e. The minimum absolute atomic E-state index is 0.00800. The molecule has 1 aliphatic heterocycles. The molecule has 3 aromatic rings. The van der Waals surface area contributed by atoms with Crippen molar-refractivity contribution < 1.29 is 13.2 Å². The Morgan fingerprint density at radius 1 is 1.38 bits per heavy atom. The number of hydrogen-bond acceptors (Lipinski definition) is 7. The van der Waals surface area contributed by atoms with Crippen LogP contribution < -0.4 is 10.6 Å². The van der Waals surface area contributed by atoms with Gasteiger partial charge in [-0.1, -0.05) is 23.5 Å². The van der Waals surface area contributed by atoms with Crippen molar-refractivity contribution in [3.8, 4) is 22.3 Å². The summed E-state index contributed by atoms with van der Waals surface area (Å²) < 4.78 is 27.5. The lowest BCUT2D eigenvalue weighted by atomic mass is 10.1. The van der Waals surface area contributed by atoms with Crippen LogP contribution >= 0.6 is 11.3 Å². The van der Waals surface area contributed by atoms with E-state index in [2.05, 4.69) is 15.3 Å². The molecule has 2 bridgehead atoms. The second-order valence-corrected chi connectivity index (χ2v) is 8.23. The Morgan fingerprint density at radius 2 is 2.19 bits per heavy atom. The van der Waals surface area contributed by atoms with Gasteiger partial charge in [-0.15, -0.1) is 0 Å². The molecule has 0 aliphatic carbocycles. The van der Waals surface area contributed by atoms with Crippen molar-refractivity contribution in [2.24, 2.45) is 0 Å². The minimum atomic E-state index is -3.75. The molecular formula is C15H10N6O3S2. The molecule has 1 aromatic carbocycles. The van der Waals surface area contributed by atoms with E-state index in [9.17, 15) is 13.2 Å². The van der Waals surface area contributed by atoms with Gasteiger partial charge in [0.05, 0.1) is 16.3 Å². The average molecular weight is 386 g/mol. The smallest absolute Gasteiger partial charge is 0.304 e. The van der Waals surface area contributed by atoms with Crippen LogP contribution in [0.2, 0.25) is 0 Å². The molecule has 2 amide bonds. The first-order valence-corrected chi connectivity index (χ1v) is 9.58. The van der Waals surface area contributed by atoms with E-state index < -0.39 is 15.9 Å². The van der Waals surface area contributed by atoms with Gasteiger partial charge in [0.15, 0.2) is 16.4 Å². The monoisotopic (exact) mass is 386 g/mol. The third-order valence-electron chi connectivity index (χ3n) is 3.81. The molecule has 0 fully saturated rings. The molecule has 0 saturated heterocycles. The summed E-state index contributed by atoms with van der Waals surface area (Å²) in [7, 11) is -3.75. The molecule has 11 heteroatoms. The molecule has 26 heavy (non-hydrogen) atoms. The number of carbonyl (C=O) groups is 1. The summed E-state index contributed by atoms with van der Waals surface area (Å²) in [5, 5.41) is 13.1. The van der Waals surface area contributed by atoms with Crippen molar-refractivity contribution in [3.63, 3.8) is 0 Å². The zero-order valence-corrected chi connectivity index (χ0v) is 14.8. The van der Waals surface area contributed by atoms with Gasteiger partial charge in [0.25, 0.3) is 0 Å². The summed E-state index contributed by atoms with van der Waals surface area (Å²) in [6.07, 6.45) is 4.45. The van der Waals surface area contributed by atoms with Crippen LogP contribution in [0.25, 0.3) is 16.1 Å². The van der Waals surface area contributed by atoms with Crippen molar-refractivity contribution in [2.75, 3.05) is 5.32 Å². The number of aryl methyl sites for hydroxylation is 1. The average Bonchev–Trinajstić information content (AvgIpc) is 3.19. The van der Waals surface area contributed by atoms with E-state index in [1.165, 1.54) is 18.7 Å². The van der Waals surface area contributed by atoms with Crippen molar-refractivity contribution >= 4 is 32.3 Å². The number of benzene rings is 1. The van der Waals surface area contributed by atoms with Gasteiger partial charge in [-0.25, -0.2) is 28.5 Å². The summed E-state index contributed by atoms with van der Waals surface area (Å²) in [5.74, 6) is 0. The Hall–Kier alpha value is -3.23. The largest absolute Gasteiger partial charge is 0.334 e. The number of thiazole rings is 1. The number of nitrogens with one attached hydrogen (secondary N) is 2. The Labute approximate surface area is 151 Å². The number of nitrogens with zero attached hydrogens (tertiary/aromatic N) is 4. The molecule has 4 rings (SSSR count). The Balaban J connectivity index is 1.86. The number of sulfone groups is 1. The van der Waals surface area contributed by atoms with Gasteiger partial charge >= 0.3 is 6.03 Å². The lowest BCUT2D eigenvalue weighted by molar-refractivity contribution is 0.255. The Bertz CT molecular complexity index is 1200. The van der Waals surface area contributed by atoms with Gasteiger partial charge in [-0.05, 0) is 13.0 Å². The Morgan fingerprint density at radius 3 is 2.96 bits per heavy atom. The number of rotatable bonds is 2. The van der Waals surface area contributed by atoms with E-state index in [0.717, 1.165) is 11.3 Å². The standard InChI is InChI=1S/C15H10N6O3S2/c1-8-12(25-15(19-8)20-14(22)17-6-16)9-3-2-4-10-13(9)26(23,24)11-5-21(10)7-18-11/h2-5,7H,1H3,(H2,17,19,20,22). The minimum Gasteiger partial charge on any atom is -0.304 e. The molecular weight excluding hydrogens is 376 g/mol. The lowest BCUT2D eigenvalue weighted by Gasteiger charge is -2.16. The highest BCUT2D eigenvalue weighted by Gasteiger charge is 2.33. The van der Waals surface area contributed by atoms with Crippen molar-refractivity contribution in [3.05, 3.63) is 36.4 Å². The maximum atomic E-state index is 12.9. The third kappa shape index (κ3) is 2.35. The fourth-order valence-corrected chi connectivity index (χ4v) is 5.36. The molecule has 0 atom stereocenters. The zero-order chi connectivity index (χ0) is 18.5. The zero-order valence-electron chi connectivity index (χ0n) is 13.2. The van der Waals surface area contributed by atoms with Gasteiger partial charge in [-0.3, -0.25) is 5.32 Å². The molecule has 0 spiro atoms. The summed E-state index contributed by atoms with van der Waals surface area (Å²) in [5.41, 5.74) is 1.57. The van der Waals surface area contributed by atoms with Crippen LogP contribution in [0.15, 0.2) is 40.6 Å². The highest BCUT2D eigenvalue weighted by molar-refractivity contribution is 7.91. The van der Waals surface area contributed by atoms with E-state index in [1.807, 2.05) is 5.32 Å². The lowest BCUT2D eigenvalue weighted by Crippen LogP contribution is -2.23. The fraction of sp³-hybridized carbons (Fsp3) is 0.0667. The number of carbonyl (C=O) groups excluding carboxylic acids is 1. The Kier molecular flexibility index (Phi) is 3.53. The number of amides is 2. The van der Waals surface area contributed by atoms with E-state index in [4.69, 9.17) is 5.26 Å². The number of imidazole rings is 1. The first-order chi connectivity index (χ1) is 12.4. The van der Waals surface area contributed by atoms with E-state index in [-0.39, 0.29) is 15.1 Å². The molecule has 0 radical (unpaired) electrons. The SMILES string of the molecule is Cc1nc(NC(=O)NC#N)sc1-c1cccc2c1S(=O)(=O)c1cn-2cn1. The van der Waals surface area contributed by atoms with Crippen LogP contribution in [-0.4, -0.2) is 29.0 Å². The maximum absolute atomic E-state index is 12.9. The second kappa shape index (κ2) is 5.65. The van der Waals surface area contributed by atoms with Crippen LogP contribution in [0, 0.1) is 18.4 Å². The van der Waals surface area contributed by atoms with Gasteiger partial charge in [0.2, 0.25) is 9.84 Å². The number of urea groups is 1. The number of hydrogen-bond donors (Lipinski definition) is 2. The van der Waals surface area contributed by atoms with Crippen LogP contribution in [0.5, 0.6) is 0 Å². The molecule has 9 nitrogen and oxygen atoms in total. The second-order valence-electron chi connectivity index (χ2n) is 5.40. The van der Waals surface area contributed by atoms with Crippen LogP contribution in [0.3, 0.4) is 0 Å². The van der Waals surface area contributed by atoms with Crippen LogP contribution in [0.1, 0.15) is 5.69 Å². The first-order valence-electron chi connectivity index (χ1n) is 7.28. The molecule has 130 valence electrons. The molecule has 2 aromatic heterocycles. The number of anilines is 1. The van der Waals surface area contributed by atoms with Gasteiger partial charge < -0.3 is 4.57 Å². The third-order valence-corrected chi connectivity index (χ3v) is 6.64. The van der Waals surface area contributed by atoms with E-state index >= 15 is 0 Å². The predicted octanol–water partition coefficient (Wildman–Crippen LogP) is 2.05. The van der Waals surface area contributed by atoms with Gasteiger partial charge in [-0.2, -0.15) is 5.26 Å². The first kappa shape index (κ1) is 16.2. The molecule has 0 unspecified atom stereocenters. The van der Waals surface area contributed by atoms with Crippen LogP contribution in [-0.2, 0) is 9.84 Å². The summed E-state index contributed by atoms with van der Waals surface area (Å²) in [6, 6.07) is 4.45. The molecule has 3 heterocycles.